The molecule has 147 valence electrons. The van der Waals surface area contributed by atoms with Crippen LogP contribution in [0.1, 0.15) is 50.4 Å². The molecule has 1 aromatic carbocycles. The first-order chi connectivity index (χ1) is 12.7. The molecule has 28 heavy (non-hydrogen) atoms. The summed E-state index contributed by atoms with van der Waals surface area (Å²) in [5.41, 5.74) is 1.51. The molecule has 0 bridgehead atoms. The van der Waals surface area contributed by atoms with Crippen molar-refractivity contribution in [2.24, 2.45) is 0 Å². The number of hydrogen-bond donors (Lipinski definition) is 2. The number of nitrogens with one attached hydrogen (secondary N) is 1. The standard InChI is InChI=1S/C20H27N3O4.Li/c1-20(2,3)27-19(26)21-10-5-4-6-11-23-14-17(13-22-23)15-8-7-9-16(12-15)18(24)25;/h7-9,12-14H,4-6,10-11H2,1-3H3,(H,21,26)(H,24,25);. The summed E-state index contributed by atoms with van der Waals surface area (Å²) in [5, 5.41) is 16.2. The molecule has 1 amide bonds. The van der Waals surface area contributed by atoms with E-state index < -0.39 is 11.6 Å². The fourth-order valence-corrected chi connectivity index (χ4v) is 2.55. The van der Waals surface area contributed by atoms with Crippen molar-refractivity contribution in [3.63, 3.8) is 0 Å². The molecule has 2 aromatic rings. The molecule has 0 saturated carbocycles. The molecule has 2 N–H and O–H groups in total. The van der Waals surface area contributed by atoms with Gasteiger partial charge in [0, 0.05) is 43.7 Å². The van der Waals surface area contributed by atoms with Gasteiger partial charge in [0.05, 0.1) is 11.8 Å². The summed E-state index contributed by atoms with van der Waals surface area (Å²) < 4.78 is 7.03. The zero-order valence-corrected chi connectivity index (χ0v) is 17.1. The maximum Gasteiger partial charge on any atom is 0.407 e. The van der Waals surface area contributed by atoms with E-state index in [0.717, 1.165) is 36.9 Å². The average Bonchev–Trinajstić information content (AvgIpc) is 3.05. The van der Waals surface area contributed by atoms with Crippen molar-refractivity contribution in [1.82, 2.24) is 15.1 Å². The average molecular weight is 380 g/mol. The molecular formula is C20H27LiN3O4. The summed E-state index contributed by atoms with van der Waals surface area (Å²) in [6.45, 7) is 6.86. The molecule has 1 heterocycles. The number of aryl methyl sites for hydroxylation is 1. The third kappa shape index (κ3) is 8.20. The predicted molar refractivity (Wildman–Crippen MR) is 108 cm³/mol. The molecule has 8 heteroatoms. The van der Waals surface area contributed by atoms with E-state index >= 15 is 0 Å². The Bertz CT molecular complexity index is 784. The van der Waals surface area contributed by atoms with E-state index in [2.05, 4.69) is 10.4 Å². The van der Waals surface area contributed by atoms with Gasteiger partial charge in [0.25, 0.3) is 0 Å². The van der Waals surface area contributed by atoms with Gasteiger partial charge in [0.2, 0.25) is 0 Å². The van der Waals surface area contributed by atoms with E-state index in [1.165, 1.54) is 0 Å². The van der Waals surface area contributed by atoms with Gasteiger partial charge < -0.3 is 15.2 Å². The molecule has 1 aromatic heterocycles. The summed E-state index contributed by atoms with van der Waals surface area (Å²) in [5.74, 6) is -0.941. The van der Waals surface area contributed by atoms with Crippen LogP contribution in [0.5, 0.6) is 0 Å². The van der Waals surface area contributed by atoms with Gasteiger partial charge in [-0.2, -0.15) is 5.10 Å². The van der Waals surface area contributed by atoms with E-state index in [1.807, 2.05) is 37.7 Å². The van der Waals surface area contributed by atoms with Gasteiger partial charge in [0.1, 0.15) is 5.60 Å². The summed E-state index contributed by atoms with van der Waals surface area (Å²) in [6.07, 6.45) is 6.04. The molecule has 1 radical (unpaired) electrons. The van der Waals surface area contributed by atoms with Gasteiger partial charge in [-0.1, -0.05) is 12.1 Å². The Hall–Kier alpha value is -2.23. The number of amides is 1. The van der Waals surface area contributed by atoms with Crippen molar-refractivity contribution in [2.75, 3.05) is 6.54 Å². The second kappa shape index (κ2) is 10.9. The van der Waals surface area contributed by atoms with Gasteiger partial charge in [-0.15, -0.1) is 0 Å². The Morgan fingerprint density at radius 3 is 2.61 bits per heavy atom. The van der Waals surface area contributed by atoms with Gasteiger partial charge in [0.15, 0.2) is 0 Å². The maximum atomic E-state index is 11.5. The predicted octanol–water partition coefficient (Wildman–Crippen LogP) is 3.56. The Kier molecular flexibility index (Phi) is 9.30. The molecule has 0 unspecified atom stereocenters. The number of benzene rings is 1. The number of unbranched alkanes of at least 4 members (excludes halogenated alkanes) is 2. The third-order valence-electron chi connectivity index (χ3n) is 3.81. The molecule has 0 saturated heterocycles. The SMILES string of the molecule is CC(C)(C)OC(=O)NCCCCCn1cc(-c2cccc(C(=O)O)c2)cn1.[Li]. The zero-order valence-electron chi connectivity index (χ0n) is 17.1. The van der Waals surface area contributed by atoms with Crippen molar-refractivity contribution >= 4 is 30.9 Å². The van der Waals surface area contributed by atoms with E-state index in [-0.39, 0.29) is 30.5 Å². The molecular weight excluding hydrogens is 353 g/mol. The molecule has 0 aliphatic rings. The molecule has 0 aliphatic carbocycles. The molecule has 0 spiro atoms. The number of aromatic nitrogens is 2. The van der Waals surface area contributed by atoms with Gasteiger partial charge in [-0.25, -0.2) is 9.59 Å². The van der Waals surface area contributed by atoms with Crippen LogP contribution in [0, 0.1) is 0 Å². The summed E-state index contributed by atoms with van der Waals surface area (Å²) >= 11 is 0. The number of aromatic carboxylic acids is 1. The Morgan fingerprint density at radius 1 is 1.18 bits per heavy atom. The van der Waals surface area contributed by atoms with Crippen LogP contribution in [0.25, 0.3) is 11.1 Å². The van der Waals surface area contributed by atoms with Crippen LogP contribution in [-0.2, 0) is 11.3 Å². The number of alkyl carbamates (subject to hydrolysis) is 1. The smallest absolute Gasteiger partial charge is 0.407 e. The fraction of sp³-hybridized carbons (Fsp3) is 0.450. The number of rotatable bonds is 8. The quantitative estimate of drug-likeness (QED) is 0.539. The summed E-state index contributed by atoms with van der Waals surface area (Å²) in [4.78, 5) is 22.6. The minimum Gasteiger partial charge on any atom is -0.478 e. The topological polar surface area (TPSA) is 93.5 Å². The van der Waals surface area contributed by atoms with Crippen LogP contribution in [0.15, 0.2) is 36.7 Å². The van der Waals surface area contributed by atoms with Crippen LogP contribution < -0.4 is 5.32 Å². The number of carboxylic acids is 1. The largest absolute Gasteiger partial charge is 0.478 e. The molecule has 2 rings (SSSR count). The number of carboxylic acid groups (broad SMARTS) is 1. The van der Waals surface area contributed by atoms with Gasteiger partial charge >= 0.3 is 12.1 Å². The maximum absolute atomic E-state index is 11.5. The number of carbonyl (C=O) groups is 2. The fourth-order valence-electron chi connectivity index (χ4n) is 2.55. The molecule has 0 atom stereocenters. The number of ether oxygens (including phenoxy) is 1. The molecule has 7 nitrogen and oxygen atoms in total. The van der Waals surface area contributed by atoms with E-state index in [9.17, 15) is 9.59 Å². The van der Waals surface area contributed by atoms with Gasteiger partial charge in [-0.05, 0) is 57.7 Å². The molecule has 0 fully saturated rings. The summed E-state index contributed by atoms with van der Waals surface area (Å²) in [7, 11) is 0. The monoisotopic (exact) mass is 380 g/mol. The van der Waals surface area contributed by atoms with Crippen molar-refractivity contribution in [1.29, 1.82) is 0 Å². The van der Waals surface area contributed by atoms with Crippen LogP contribution in [0.3, 0.4) is 0 Å². The van der Waals surface area contributed by atoms with E-state index in [1.54, 1.807) is 24.4 Å². The third-order valence-corrected chi connectivity index (χ3v) is 3.81. The van der Waals surface area contributed by atoms with Crippen LogP contribution >= 0.6 is 0 Å². The van der Waals surface area contributed by atoms with Crippen molar-refractivity contribution < 1.29 is 19.4 Å². The number of carbonyl (C=O) groups excluding carboxylic acids is 1. The van der Waals surface area contributed by atoms with E-state index in [0.29, 0.717) is 6.54 Å². The minimum atomic E-state index is -0.941. The van der Waals surface area contributed by atoms with E-state index in [4.69, 9.17) is 9.84 Å². The summed E-state index contributed by atoms with van der Waals surface area (Å²) in [6, 6.07) is 6.82. The number of hydrogen-bond acceptors (Lipinski definition) is 4. The van der Waals surface area contributed by atoms with Gasteiger partial charge in [-0.3, -0.25) is 4.68 Å². The van der Waals surface area contributed by atoms with Crippen LogP contribution in [0.2, 0.25) is 0 Å². The van der Waals surface area contributed by atoms with Crippen molar-refractivity contribution in [3.8, 4) is 11.1 Å². The second-order valence-corrected chi connectivity index (χ2v) is 7.37. The minimum absolute atomic E-state index is 0. The van der Waals surface area contributed by atoms with Crippen molar-refractivity contribution in [3.05, 3.63) is 42.2 Å². The first-order valence-electron chi connectivity index (χ1n) is 9.07. The number of nitrogens with zero attached hydrogens (tertiary/aromatic N) is 2. The first kappa shape index (κ1) is 23.8. The second-order valence-electron chi connectivity index (χ2n) is 7.37. The Labute approximate surface area is 177 Å². The molecule has 0 aliphatic heterocycles. The van der Waals surface area contributed by atoms with Crippen LogP contribution in [0.4, 0.5) is 4.79 Å². The first-order valence-corrected chi connectivity index (χ1v) is 9.07. The van der Waals surface area contributed by atoms with Crippen molar-refractivity contribution in [2.45, 2.75) is 52.2 Å². The zero-order chi connectivity index (χ0) is 19.9. The normalized spacial score (nSPS) is 10.8. The van der Waals surface area contributed by atoms with Crippen LogP contribution in [-0.4, -0.2) is 58.0 Å². The Balaban J connectivity index is 0.00000392. The Morgan fingerprint density at radius 2 is 1.93 bits per heavy atom.